The summed E-state index contributed by atoms with van der Waals surface area (Å²) in [6.07, 6.45) is 0.500. The zero-order valence-corrected chi connectivity index (χ0v) is 15.7. The van der Waals surface area contributed by atoms with Crippen LogP contribution in [0.25, 0.3) is 0 Å². The molecule has 142 valence electrons. The largest absolute Gasteiger partial charge is 0.454 e. The lowest BCUT2D eigenvalue weighted by atomic mass is 10.1. The number of hydrogen-bond donors (Lipinski definition) is 0. The summed E-state index contributed by atoms with van der Waals surface area (Å²) in [5.74, 6) is 0.517. The molecule has 2 aromatic rings. The molecule has 4 rings (SSSR count). The smallest absolute Gasteiger partial charge is 0.243 e. The number of sulfonamides is 1. The second-order valence-corrected chi connectivity index (χ2v) is 8.53. The van der Waals surface area contributed by atoms with Gasteiger partial charge in [0.05, 0.1) is 10.8 Å². The molecular formula is C19H20N2O5S. The van der Waals surface area contributed by atoms with Gasteiger partial charge in [-0.25, -0.2) is 8.42 Å². The number of carbonyl (C=O) groups excluding carboxylic acids is 1. The summed E-state index contributed by atoms with van der Waals surface area (Å²) < 4.78 is 37.8. The molecule has 1 fully saturated rings. The number of nitrogens with zero attached hydrogens (tertiary/aromatic N) is 2. The second-order valence-electron chi connectivity index (χ2n) is 6.60. The molecule has 0 aliphatic carbocycles. The molecule has 7 nitrogen and oxygen atoms in total. The second kappa shape index (κ2) is 6.86. The average molecular weight is 388 g/mol. The molecule has 1 amide bonds. The van der Waals surface area contributed by atoms with Gasteiger partial charge in [-0.3, -0.25) is 4.79 Å². The van der Waals surface area contributed by atoms with Crippen LogP contribution in [-0.2, 0) is 14.8 Å². The quantitative estimate of drug-likeness (QED) is 0.802. The number of benzene rings is 2. The van der Waals surface area contributed by atoms with Crippen LogP contribution < -0.4 is 14.4 Å². The summed E-state index contributed by atoms with van der Waals surface area (Å²) in [4.78, 5) is 14.5. The normalized spacial score (nSPS) is 19.2. The molecule has 2 aromatic carbocycles. The van der Waals surface area contributed by atoms with E-state index in [-0.39, 0.29) is 30.1 Å². The number of amides is 1. The first-order chi connectivity index (χ1) is 13.0. The summed E-state index contributed by atoms with van der Waals surface area (Å²) in [5, 5.41) is 0. The van der Waals surface area contributed by atoms with E-state index in [4.69, 9.17) is 9.47 Å². The van der Waals surface area contributed by atoms with Gasteiger partial charge < -0.3 is 14.4 Å². The molecular weight excluding hydrogens is 368 g/mol. The Morgan fingerprint density at radius 1 is 1.11 bits per heavy atom. The van der Waals surface area contributed by atoms with E-state index in [0.717, 1.165) is 5.69 Å². The number of rotatable bonds is 4. The maximum absolute atomic E-state index is 12.9. The van der Waals surface area contributed by atoms with Crippen molar-refractivity contribution in [3.05, 3.63) is 48.5 Å². The predicted octanol–water partition coefficient (Wildman–Crippen LogP) is 2.09. The Bertz CT molecular complexity index is 961. The predicted molar refractivity (Wildman–Crippen MR) is 99.3 cm³/mol. The Kier molecular flexibility index (Phi) is 4.53. The van der Waals surface area contributed by atoms with Crippen LogP contribution in [0, 0.1) is 5.92 Å². The SMILES string of the molecule is CN(C(=O)[C@H]1CCN(S(=O)(=O)c2ccc3c(c2)OCO3)C1)c1ccccc1. The van der Waals surface area contributed by atoms with Gasteiger partial charge in [0.2, 0.25) is 22.7 Å². The van der Waals surface area contributed by atoms with Crippen LogP contribution in [0.3, 0.4) is 0 Å². The van der Waals surface area contributed by atoms with Crippen molar-refractivity contribution in [1.82, 2.24) is 4.31 Å². The Labute approximate surface area is 158 Å². The number of anilines is 1. The van der Waals surface area contributed by atoms with Crippen molar-refractivity contribution in [3.63, 3.8) is 0 Å². The molecule has 0 radical (unpaired) electrons. The van der Waals surface area contributed by atoms with E-state index in [1.165, 1.54) is 16.4 Å². The van der Waals surface area contributed by atoms with Crippen molar-refractivity contribution in [2.45, 2.75) is 11.3 Å². The first-order valence-electron chi connectivity index (χ1n) is 8.69. The summed E-state index contributed by atoms with van der Waals surface area (Å²) >= 11 is 0. The van der Waals surface area contributed by atoms with Gasteiger partial charge in [-0.15, -0.1) is 0 Å². The third-order valence-corrected chi connectivity index (χ3v) is 6.82. The van der Waals surface area contributed by atoms with Gasteiger partial charge in [0.15, 0.2) is 11.5 Å². The summed E-state index contributed by atoms with van der Waals surface area (Å²) in [6.45, 7) is 0.577. The maximum atomic E-state index is 12.9. The average Bonchev–Trinajstić information content (AvgIpc) is 3.36. The van der Waals surface area contributed by atoms with Crippen molar-refractivity contribution in [3.8, 4) is 11.5 Å². The Morgan fingerprint density at radius 2 is 1.85 bits per heavy atom. The van der Waals surface area contributed by atoms with Gasteiger partial charge >= 0.3 is 0 Å². The topological polar surface area (TPSA) is 76.2 Å². The highest BCUT2D eigenvalue weighted by Gasteiger charge is 2.37. The molecule has 0 saturated carbocycles. The summed E-state index contributed by atoms with van der Waals surface area (Å²) in [7, 11) is -1.98. The molecule has 2 aliphatic rings. The minimum Gasteiger partial charge on any atom is -0.454 e. The molecule has 27 heavy (non-hydrogen) atoms. The van der Waals surface area contributed by atoms with Gasteiger partial charge in [0.1, 0.15) is 0 Å². The molecule has 0 N–H and O–H groups in total. The molecule has 2 heterocycles. The third kappa shape index (κ3) is 3.26. The zero-order valence-electron chi connectivity index (χ0n) is 14.9. The fraction of sp³-hybridized carbons (Fsp3) is 0.316. The number of fused-ring (bicyclic) bond motifs is 1. The molecule has 1 atom stereocenters. The van der Waals surface area contributed by atoms with Crippen LogP contribution in [0.15, 0.2) is 53.4 Å². The molecule has 2 aliphatic heterocycles. The lowest BCUT2D eigenvalue weighted by Crippen LogP contribution is -2.36. The van der Waals surface area contributed by atoms with Crippen LogP contribution in [0.1, 0.15) is 6.42 Å². The Morgan fingerprint density at radius 3 is 2.63 bits per heavy atom. The van der Waals surface area contributed by atoms with Gasteiger partial charge in [0, 0.05) is 31.9 Å². The summed E-state index contributed by atoms with van der Waals surface area (Å²) in [6, 6.07) is 13.9. The van der Waals surface area contributed by atoms with Crippen LogP contribution in [0.2, 0.25) is 0 Å². The minimum atomic E-state index is -3.69. The third-order valence-electron chi connectivity index (χ3n) is 4.96. The monoisotopic (exact) mass is 388 g/mol. The fourth-order valence-electron chi connectivity index (χ4n) is 3.39. The number of ether oxygens (including phenoxy) is 2. The Hall–Kier alpha value is -2.58. The lowest BCUT2D eigenvalue weighted by molar-refractivity contribution is -0.121. The maximum Gasteiger partial charge on any atom is 0.243 e. The van der Waals surface area contributed by atoms with E-state index in [0.29, 0.717) is 24.5 Å². The molecule has 0 unspecified atom stereocenters. The summed E-state index contributed by atoms with van der Waals surface area (Å²) in [5.41, 5.74) is 0.791. The van der Waals surface area contributed by atoms with Crippen molar-refractivity contribution in [2.24, 2.45) is 5.92 Å². The molecule has 0 spiro atoms. The van der Waals surface area contributed by atoms with E-state index in [2.05, 4.69) is 0 Å². The first-order valence-corrected chi connectivity index (χ1v) is 10.1. The van der Waals surface area contributed by atoms with E-state index >= 15 is 0 Å². The van der Waals surface area contributed by atoms with E-state index < -0.39 is 10.0 Å². The zero-order chi connectivity index (χ0) is 19.0. The highest BCUT2D eigenvalue weighted by molar-refractivity contribution is 7.89. The van der Waals surface area contributed by atoms with E-state index in [1.54, 1.807) is 18.0 Å². The van der Waals surface area contributed by atoms with Crippen LogP contribution in [-0.4, -0.2) is 45.6 Å². The van der Waals surface area contributed by atoms with Gasteiger partial charge in [-0.1, -0.05) is 18.2 Å². The Balaban J connectivity index is 1.49. The van der Waals surface area contributed by atoms with Crippen LogP contribution >= 0.6 is 0 Å². The lowest BCUT2D eigenvalue weighted by Gasteiger charge is -2.21. The number of hydrogen-bond acceptors (Lipinski definition) is 5. The van der Waals surface area contributed by atoms with Crippen LogP contribution in [0.4, 0.5) is 5.69 Å². The van der Waals surface area contributed by atoms with Gasteiger partial charge in [-0.2, -0.15) is 4.31 Å². The highest BCUT2D eigenvalue weighted by atomic mass is 32.2. The molecule has 8 heteroatoms. The van der Waals surface area contributed by atoms with Crippen molar-refractivity contribution in [1.29, 1.82) is 0 Å². The number of para-hydroxylation sites is 1. The van der Waals surface area contributed by atoms with Crippen molar-refractivity contribution >= 4 is 21.6 Å². The minimum absolute atomic E-state index is 0.0791. The number of carbonyl (C=O) groups is 1. The molecule has 1 saturated heterocycles. The van der Waals surface area contributed by atoms with Crippen molar-refractivity contribution < 1.29 is 22.7 Å². The van der Waals surface area contributed by atoms with Gasteiger partial charge in [-0.05, 0) is 30.7 Å². The van der Waals surface area contributed by atoms with E-state index in [1.807, 2.05) is 30.3 Å². The highest BCUT2D eigenvalue weighted by Crippen LogP contribution is 2.35. The first kappa shape index (κ1) is 17.8. The van der Waals surface area contributed by atoms with Crippen molar-refractivity contribution in [2.75, 3.05) is 31.8 Å². The standard InChI is InChI=1S/C19H20N2O5S/c1-20(15-5-3-2-4-6-15)19(22)14-9-10-21(12-14)27(23,24)16-7-8-17-18(11-16)26-13-25-17/h2-8,11,14H,9-10,12-13H2,1H3/t14-/m0/s1. The molecule has 0 bridgehead atoms. The van der Waals surface area contributed by atoms with Gasteiger partial charge in [0.25, 0.3) is 0 Å². The molecule has 0 aromatic heterocycles. The van der Waals surface area contributed by atoms with Crippen LogP contribution in [0.5, 0.6) is 11.5 Å². The fourth-order valence-corrected chi connectivity index (χ4v) is 4.90. The van der Waals surface area contributed by atoms with E-state index in [9.17, 15) is 13.2 Å².